The van der Waals surface area contributed by atoms with Gasteiger partial charge in [-0.05, 0) is 11.2 Å². The average Bonchev–Trinajstić information content (AvgIpc) is 2.22. The predicted molar refractivity (Wildman–Crippen MR) is 76.9 cm³/mol. The van der Waals surface area contributed by atoms with Crippen molar-refractivity contribution in [3.8, 4) is 0 Å². The van der Waals surface area contributed by atoms with Crippen LogP contribution in [0.25, 0.3) is 0 Å². The molecule has 2 radical (unpaired) electrons. The van der Waals surface area contributed by atoms with Crippen LogP contribution in [0.5, 0.6) is 0 Å². The zero-order valence-corrected chi connectivity index (χ0v) is 16.7. The molecular weight excluding hydrogens is 456 g/mol. The van der Waals surface area contributed by atoms with E-state index in [4.69, 9.17) is 30.3 Å². The normalized spacial score (nSPS) is 6.25. The van der Waals surface area contributed by atoms with Gasteiger partial charge >= 0.3 is 22.4 Å². The molecule has 0 rings (SSSR count). The van der Waals surface area contributed by atoms with E-state index >= 15 is 0 Å². The molecule has 0 unspecified atom stereocenters. The summed E-state index contributed by atoms with van der Waals surface area (Å²) in [4.78, 5) is 32.2. The molecule has 4 nitrogen and oxygen atoms in total. The first-order valence-electron chi connectivity index (χ1n) is 2.66. The highest BCUT2D eigenvalue weighted by atomic mass is 35.7. The van der Waals surface area contributed by atoms with Gasteiger partial charge in [0.25, 0.3) is 6.79 Å². The minimum absolute atomic E-state index is 0. The number of rotatable bonds is 0. The number of halogens is 9. The summed E-state index contributed by atoms with van der Waals surface area (Å²) in [5.41, 5.74) is 0. The zero-order chi connectivity index (χ0) is 17.5. The van der Waals surface area contributed by atoms with Gasteiger partial charge in [-0.3, -0.25) is 4.79 Å². The van der Waals surface area contributed by atoms with E-state index in [1.807, 2.05) is 0 Å². The van der Waals surface area contributed by atoms with Gasteiger partial charge in [0.15, 0.2) is 0 Å². The monoisotopic (exact) mass is 458 g/mol. The minimum atomic E-state index is -5.64. The summed E-state index contributed by atoms with van der Waals surface area (Å²) in [6.45, 7) is 4.50. The third-order valence-corrected chi connectivity index (χ3v) is 0. The molecular formula is C3H4Cl4F5O4PSSi2. The van der Waals surface area contributed by atoms with Crippen LogP contribution in [0.3, 0.4) is 0 Å². The van der Waals surface area contributed by atoms with Crippen molar-refractivity contribution in [3.63, 3.8) is 0 Å². The summed E-state index contributed by atoms with van der Waals surface area (Å²) in [5, 5.41) is 1.08. The zero-order valence-electron chi connectivity index (χ0n) is 8.92. The molecule has 20 heavy (non-hydrogen) atoms. The van der Waals surface area contributed by atoms with Gasteiger partial charge in [-0.15, -0.1) is 12.4 Å². The molecule has 0 aromatic carbocycles. The molecule has 0 bridgehead atoms. The van der Waals surface area contributed by atoms with E-state index in [2.05, 4.69) is 41.3 Å². The van der Waals surface area contributed by atoms with Crippen LogP contribution in [0.15, 0.2) is 0 Å². The van der Waals surface area contributed by atoms with Gasteiger partial charge < -0.3 is 0 Å². The summed E-state index contributed by atoms with van der Waals surface area (Å²) in [6.07, 6.45) is 0.250. The van der Waals surface area contributed by atoms with Crippen molar-refractivity contribution in [1.29, 1.82) is 0 Å². The fraction of sp³-hybridized carbons (Fsp3) is 0. The maximum atomic E-state index is 10.3. The van der Waals surface area contributed by atoms with Crippen LogP contribution in [0, 0.1) is 0 Å². The standard InChI is InChI=1S/CO2.COS.CO.ClF3Si.ClF2P.ClH3Si.ClH/c2*2-1-3;1-2;1-5(2,3)4;1-4(2)3;1-2;/h;;;;;2H3;1H. The second kappa shape index (κ2) is 50.4. The lowest BCUT2D eigenvalue weighted by Gasteiger charge is -1.78. The number of hydrogen-bond acceptors (Lipinski definition) is 5. The fourth-order valence-electron chi connectivity index (χ4n) is 0. The maximum Gasteiger partial charge on any atom is 0.731 e. The van der Waals surface area contributed by atoms with E-state index in [0.717, 1.165) is 14.8 Å². The van der Waals surface area contributed by atoms with Crippen LogP contribution < -0.4 is 0 Å². The molecule has 17 heteroatoms. The number of carbonyl (C=O) groups excluding carboxylic acids is 4. The number of thiocarbonyl (C=S) groups is 1. The van der Waals surface area contributed by atoms with Gasteiger partial charge in [0, 0.05) is 12.2 Å². The van der Waals surface area contributed by atoms with Crippen molar-refractivity contribution in [2.24, 2.45) is 0 Å². The van der Waals surface area contributed by atoms with Crippen molar-refractivity contribution in [1.82, 2.24) is 0 Å². The van der Waals surface area contributed by atoms with E-state index in [1.165, 1.54) is 0 Å². The molecule has 0 aliphatic carbocycles. The highest BCUT2D eigenvalue weighted by Crippen LogP contribution is 2.43. The molecule has 0 saturated heterocycles. The molecule has 0 aromatic heterocycles. The Hall–Kier alpha value is 0.524. The average molecular weight is 460 g/mol. The Kier molecular flexibility index (Phi) is 108. The van der Waals surface area contributed by atoms with E-state index in [-0.39, 0.29) is 18.6 Å². The summed E-state index contributed by atoms with van der Waals surface area (Å²) < 4.78 is 51.1. The first kappa shape index (κ1) is 42.8. The molecule has 0 N–H and O–H groups in total. The van der Waals surface area contributed by atoms with Crippen molar-refractivity contribution in [2.45, 2.75) is 0 Å². The lowest BCUT2D eigenvalue weighted by Crippen LogP contribution is -1.99. The van der Waals surface area contributed by atoms with Gasteiger partial charge in [0.2, 0.25) is 5.23 Å². The Morgan fingerprint density at radius 2 is 1.10 bits per heavy atom. The topological polar surface area (TPSA) is 68.3 Å². The first-order valence-corrected chi connectivity index (χ1v) is 10.8. The van der Waals surface area contributed by atoms with E-state index < -0.39 is 16.3 Å². The van der Waals surface area contributed by atoms with Crippen LogP contribution in [-0.4, -0.2) is 36.1 Å². The summed E-state index contributed by atoms with van der Waals surface area (Å²) in [6, 6.07) is 0. The summed E-state index contributed by atoms with van der Waals surface area (Å²) >= 11 is 16.0. The maximum absolute atomic E-state index is 10.3. The second-order valence-electron chi connectivity index (χ2n) is 0.787. The Balaban J connectivity index is -0.0000000208. The van der Waals surface area contributed by atoms with Crippen LogP contribution in [0.1, 0.15) is 0 Å². The van der Waals surface area contributed by atoms with Crippen molar-refractivity contribution >= 4 is 102 Å². The highest BCUT2D eigenvalue weighted by molar-refractivity contribution is 7.78. The molecule has 0 atom stereocenters. The van der Waals surface area contributed by atoms with Crippen LogP contribution in [0.2, 0.25) is 0 Å². The van der Waals surface area contributed by atoms with Crippen molar-refractivity contribution in [3.05, 3.63) is 0 Å². The lowest BCUT2D eigenvalue weighted by molar-refractivity contribution is -0.191. The Morgan fingerprint density at radius 3 is 1.10 bits per heavy atom. The van der Waals surface area contributed by atoms with Gasteiger partial charge in [-0.1, -0.05) is 11.1 Å². The molecule has 0 spiro atoms. The van der Waals surface area contributed by atoms with Gasteiger partial charge in [-0.2, -0.15) is 29.1 Å². The van der Waals surface area contributed by atoms with Gasteiger partial charge in [0.05, 0.1) is 0 Å². The quantitative estimate of drug-likeness (QED) is 0.183. The number of hydrogen-bond donors (Lipinski definition) is 0. The fourth-order valence-corrected chi connectivity index (χ4v) is 0. The molecule has 0 aliphatic heterocycles. The van der Waals surface area contributed by atoms with Gasteiger partial charge in [0.1, 0.15) is 9.55 Å². The molecule has 0 fully saturated rings. The van der Waals surface area contributed by atoms with Gasteiger partial charge in [-0.25, -0.2) is 17.1 Å². The highest BCUT2D eigenvalue weighted by Gasteiger charge is 2.33. The second-order valence-corrected chi connectivity index (χ2v) is 4.25. The summed E-state index contributed by atoms with van der Waals surface area (Å²) in [7, 11) is -8.01. The SMILES string of the molecule is Cl.FP(F)Cl.F[Si](F)(F)Cl.O=C=O.O=C=S.[C]=O.[SiH3]Cl. The summed E-state index contributed by atoms with van der Waals surface area (Å²) in [5.74, 6) is 0. The van der Waals surface area contributed by atoms with E-state index in [1.54, 1.807) is 0 Å². The Morgan fingerprint density at radius 1 is 1.10 bits per heavy atom. The first-order chi connectivity index (χ1) is 8.56. The molecule has 0 aromatic rings. The third-order valence-electron chi connectivity index (χ3n) is 0. The van der Waals surface area contributed by atoms with E-state index in [9.17, 15) is 20.7 Å². The van der Waals surface area contributed by atoms with Crippen molar-refractivity contribution in [2.75, 3.05) is 0 Å². The molecule has 122 valence electrons. The smallest absolute Gasteiger partial charge is 0.281 e. The van der Waals surface area contributed by atoms with Crippen molar-refractivity contribution < 1.29 is 39.9 Å². The van der Waals surface area contributed by atoms with E-state index in [0.29, 0.717) is 0 Å². The third kappa shape index (κ3) is 20700. The molecule has 0 amide bonds. The van der Waals surface area contributed by atoms with Crippen LogP contribution in [0.4, 0.5) is 20.7 Å². The molecule has 0 heterocycles. The largest absolute Gasteiger partial charge is 0.731 e. The lowest BCUT2D eigenvalue weighted by atomic mass is 11.8. The predicted octanol–water partition coefficient (Wildman–Crippen LogP) is 3.16. The van der Waals surface area contributed by atoms with Crippen LogP contribution in [-0.2, 0) is 19.2 Å². The van der Waals surface area contributed by atoms with Crippen LogP contribution >= 0.6 is 65.9 Å². The molecule has 0 saturated carbocycles. The Labute approximate surface area is 141 Å². The minimum Gasteiger partial charge on any atom is -0.281 e. The molecule has 0 aliphatic rings. The Bertz CT molecular complexity index is 196.